The van der Waals surface area contributed by atoms with Gasteiger partial charge >= 0.3 is 104 Å². The Kier molecular flexibility index (Phi) is 0.245. The summed E-state index contributed by atoms with van der Waals surface area (Å²) in [6.45, 7) is 0.858. The van der Waals surface area contributed by atoms with Crippen molar-refractivity contribution >= 4 is 15.9 Å². The molecule has 0 aromatic carbocycles. The van der Waals surface area contributed by atoms with E-state index in [4.69, 9.17) is 9.47 Å². The summed E-state index contributed by atoms with van der Waals surface area (Å²) in [7, 11) is 0. The summed E-state index contributed by atoms with van der Waals surface area (Å²) in [4.78, 5) is 10.2. The van der Waals surface area contributed by atoms with Gasteiger partial charge in [-0.05, 0) is 0 Å². The van der Waals surface area contributed by atoms with E-state index in [-0.39, 0.29) is 5.79 Å². The van der Waals surface area contributed by atoms with Crippen molar-refractivity contribution in [2.75, 3.05) is 13.2 Å². The second kappa shape index (κ2) is 0.607. The SMILES string of the molecule is CC1([C]23[CH]4[CH]5[CH]6[CH]2[Fe]56432789[CH]3[CH]2[CH]7[C]8(Br)[CH]39)OCCO1. The van der Waals surface area contributed by atoms with Crippen LogP contribution in [0.25, 0.3) is 0 Å². The van der Waals surface area contributed by atoms with Crippen LogP contribution in [0.3, 0.4) is 0 Å². The maximum atomic E-state index is 6.30. The minimum absolute atomic E-state index is 0.122. The molecule has 11 heterocycles. The number of alkyl halides is 1. The van der Waals surface area contributed by atoms with E-state index in [1.165, 1.54) is 38.5 Å². The predicted octanol–water partition coefficient (Wildman–Crippen LogP) is 3.81. The molecule has 0 radical (unpaired) electrons. The molecule has 0 bridgehead atoms. The van der Waals surface area contributed by atoms with Gasteiger partial charge in [0.05, 0.1) is 0 Å². The molecule has 0 aromatic rings. The fourth-order valence-corrected chi connectivity index (χ4v) is 107. The number of rotatable bonds is 1. The van der Waals surface area contributed by atoms with Gasteiger partial charge < -0.3 is 0 Å². The third-order valence-corrected chi connectivity index (χ3v) is 66.2. The van der Waals surface area contributed by atoms with Crippen LogP contribution in [0.4, 0.5) is 0 Å². The van der Waals surface area contributed by atoms with Crippen LogP contribution in [0.1, 0.15) is 6.92 Å². The van der Waals surface area contributed by atoms with E-state index >= 15 is 0 Å². The van der Waals surface area contributed by atoms with Crippen molar-refractivity contribution in [2.24, 2.45) is 0 Å². The van der Waals surface area contributed by atoms with Crippen LogP contribution in [0, 0.1) is 0 Å². The molecule has 8 unspecified atom stereocenters. The van der Waals surface area contributed by atoms with Crippen molar-refractivity contribution in [3.05, 3.63) is 0 Å². The standard InChI is InChI=1S/C9H11O2.C5H4Br.Fe/c1-9(10-6-7-11-9)8-4-2-3-5-8;6-5-3-1-2-4-5;/h2-5H,6-7H2,1H3;1-4H;. The first kappa shape index (κ1) is 7.26. The van der Waals surface area contributed by atoms with Crippen LogP contribution in [-0.4, -0.2) is 22.2 Å². The zero-order valence-corrected chi connectivity index (χ0v) is 12.8. The fraction of sp³-hybridized carbons (Fsp3) is 1.00. The molecule has 11 fully saturated rings. The molecule has 11 aliphatic heterocycles. The molecule has 11 rings (SSSR count). The maximum absolute atomic E-state index is 6.30. The molecule has 1 spiro atoms. The average molecular weight is 351 g/mol. The van der Waals surface area contributed by atoms with E-state index < -0.39 is 6.51 Å². The first-order valence-electron chi connectivity index (χ1n) is 7.57. The molecule has 0 amide bonds. The average Bonchev–Trinajstić information content (AvgIpc) is 3.24. The van der Waals surface area contributed by atoms with Crippen molar-refractivity contribution in [1.29, 1.82) is 0 Å². The van der Waals surface area contributed by atoms with Gasteiger partial charge in [-0.1, -0.05) is 0 Å². The Morgan fingerprint density at radius 3 is 1.72 bits per heavy atom. The number of hydrogen-bond acceptors (Lipinski definition) is 2. The molecule has 0 aliphatic carbocycles. The second-order valence-electron chi connectivity index (χ2n) is 11.3. The molecular formula is C14H15BrFeO2. The molecular weight excluding hydrogens is 336 g/mol. The van der Waals surface area contributed by atoms with Crippen LogP contribution in [0.15, 0.2) is 0 Å². The van der Waals surface area contributed by atoms with Crippen molar-refractivity contribution in [3.8, 4) is 0 Å². The van der Waals surface area contributed by atoms with E-state index in [0.717, 1.165) is 16.4 Å². The summed E-state index contributed by atoms with van der Waals surface area (Å²) in [5.74, 6) is -0.122. The third-order valence-electron chi connectivity index (χ3n) is 16.2. The summed E-state index contributed by atoms with van der Waals surface area (Å²) in [5, 5.41) is 0. The van der Waals surface area contributed by atoms with Crippen LogP contribution >= 0.6 is 15.9 Å². The van der Waals surface area contributed by atoms with Gasteiger partial charge in [0.1, 0.15) is 0 Å². The fourth-order valence-electron chi connectivity index (χ4n) is 18.2. The molecule has 4 heteroatoms. The van der Waals surface area contributed by atoms with Gasteiger partial charge in [0.2, 0.25) is 0 Å². The molecule has 8 atom stereocenters. The summed E-state index contributed by atoms with van der Waals surface area (Å²) in [6.07, 6.45) is 0. The number of halogens is 1. The van der Waals surface area contributed by atoms with Crippen LogP contribution in [0.2, 0.25) is 42.8 Å². The summed E-state index contributed by atoms with van der Waals surface area (Å²) < 4.78 is 14.1. The van der Waals surface area contributed by atoms with Crippen molar-refractivity contribution in [1.82, 2.24) is 0 Å². The summed E-state index contributed by atoms with van der Waals surface area (Å²) in [5.41, 5.74) is 0. The number of fused-ring (bicyclic) bond motifs is 10. The molecule has 2 nitrogen and oxygen atoms in total. The van der Waals surface area contributed by atoms with Crippen molar-refractivity contribution < 1.29 is 16.0 Å². The van der Waals surface area contributed by atoms with E-state index in [9.17, 15) is 0 Å². The molecule has 0 aromatic heterocycles. The van der Waals surface area contributed by atoms with E-state index in [1.807, 2.05) is 0 Å². The monoisotopic (exact) mass is 350 g/mol. The van der Waals surface area contributed by atoms with Gasteiger partial charge in [0.15, 0.2) is 0 Å². The number of hydrogen-bond donors (Lipinski definition) is 0. The Balaban J connectivity index is 1.59. The third kappa shape index (κ3) is 0.0715. The predicted molar refractivity (Wildman–Crippen MR) is 64.7 cm³/mol. The Bertz CT molecular complexity index is 1060. The topological polar surface area (TPSA) is 18.5 Å². The van der Waals surface area contributed by atoms with E-state index in [0.29, 0.717) is 4.31 Å². The molecule has 0 saturated carbocycles. The quantitative estimate of drug-likeness (QED) is 0.528. The minimum atomic E-state index is -3.22. The zero-order valence-electron chi connectivity index (χ0n) is 10.1. The Morgan fingerprint density at radius 2 is 1.44 bits per heavy atom. The van der Waals surface area contributed by atoms with E-state index in [1.54, 1.807) is 0 Å². The molecule has 11 aliphatic rings. The van der Waals surface area contributed by atoms with Gasteiger partial charge in [0, 0.05) is 0 Å². The second-order valence-corrected chi connectivity index (χ2v) is 36.5. The van der Waals surface area contributed by atoms with Gasteiger partial charge in [-0.2, -0.15) is 0 Å². The van der Waals surface area contributed by atoms with Crippen LogP contribution in [0.5, 0.6) is 0 Å². The zero-order chi connectivity index (χ0) is 11.3. The molecule has 18 heavy (non-hydrogen) atoms. The van der Waals surface area contributed by atoms with Gasteiger partial charge in [-0.25, -0.2) is 0 Å². The molecule has 98 valence electrons. The van der Waals surface area contributed by atoms with Gasteiger partial charge in [-0.15, -0.1) is 0 Å². The van der Waals surface area contributed by atoms with Gasteiger partial charge in [0.25, 0.3) is 0 Å². The summed E-state index contributed by atoms with van der Waals surface area (Å²) in [6, 6.07) is 0. The Labute approximate surface area is 104 Å². The first-order chi connectivity index (χ1) is 8.39. The summed E-state index contributed by atoms with van der Waals surface area (Å²) >= 11 is 4.43. The Hall–Kier alpha value is 0.919. The molecule has 0 N–H and O–H groups in total. The van der Waals surface area contributed by atoms with Gasteiger partial charge in [-0.3, -0.25) is 0 Å². The van der Waals surface area contributed by atoms with Crippen molar-refractivity contribution in [3.63, 3.8) is 0 Å². The Morgan fingerprint density at radius 1 is 0.944 bits per heavy atom. The first-order valence-corrected chi connectivity index (χ1v) is 14.6. The molecule has 11 saturated heterocycles. The normalized spacial score (nSPS) is 125. The van der Waals surface area contributed by atoms with E-state index in [2.05, 4.69) is 22.9 Å². The van der Waals surface area contributed by atoms with Crippen LogP contribution in [-0.2, 0) is 16.0 Å². The van der Waals surface area contributed by atoms with Crippen molar-refractivity contribution in [2.45, 2.75) is 58.8 Å². The van der Waals surface area contributed by atoms with Crippen LogP contribution < -0.4 is 0 Å². The number of ether oxygens (including phenoxy) is 2.